The molecule has 1 aliphatic heterocycles. The average molecular weight is 280 g/mol. The molecule has 0 bridgehead atoms. The van der Waals surface area contributed by atoms with E-state index in [1.54, 1.807) is 11.9 Å². The molecule has 1 atom stereocenters. The molecule has 1 heterocycles. The highest BCUT2D eigenvalue weighted by molar-refractivity contribution is 5.79. The van der Waals surface area contributed by atoms with E-state index in [1.807, 2.05) is 0 Å². The molecule has 0 radical (unpaired) electrons. The van der Waals surface area contributed by atoms with Crippen molar-refractivity contribution in [3.8, 4) is 5.75 Å². The standard InChI is InChI=1S/C14H17FN2O3/c1-17-8-10(6-14(17)19)7-16-13(18)9-20-12-4-2-11(15)3-5-12/h2-5,10H,6-9H2,1H3,(H,16,18). The number of ether oxygens (including phenoxy) is 1. The molecule has 108 valence electrons. The van der Waals surface area contributed by atoms with Gasteiger partial charge >= 0.3 is 0 Å². The summed E-state index contributed by atoms with van der Waals surface area (Å²) in [6.45, 7) is 1.00. The Labute approximate surface area is 116 Å². The second-order valence-corrected chi connectivity index (χ2v) is 4.89. The van der Waals surface area contributed by atoms with Gasteiger partial charge in [-0.3, -0.25) is 9.59 Å². The third-order valence-corrected chi connectivity index (χ3v) is 3.19. The van der Waals surface area contributed by atoms with E-state index in [2.05, 4.69) is 5.32 Å². The fourth-order valence-electron chi connectivity index (χ4n) is 2.08. The fourth-order valence-corrected chi connectivity index (χ4v) is 2.08. The van der Waals surface area contributed by atoms with E-state index in [4.69, 9.17) is 4.74 Å². The molecular weight excluding hydrogens is 263 g/mol. The maximum atomic E-state index is 12.7. The molecule has 0 spiro atoms. The minimum Gasteiger partial charge on any atom is -0.484 e. The van der Waals surface area contributed by atoms with Gasteiger partial charge in [-0.15, -0.1) is 0 Å². The zero-order valence-electron chi connectivity index (χ0n) is 11.3. The van der Waals surface area contributed by atoms with Crippen molar-refractivity contribution in [3.63, 3.8) is 0 Å². The van der Waals surface area contributed by atoms with Crippen molar-refractivity contribution in [2.45, 2.75) is 6.42 Å². The van der Waals surface area contributed by atoms with Crippen LogP contribution in [0.3, 0.4) is 0 Å². The van der Waals surface area contributed by atoms with Crippen LogP contribution in [0.4, 0.5) is 4.39 Å². The highest BCUT2D eigenvalue weighted by atomic mass is 19.1. The third-order valence-electron chi connectivity index (χ3n) is 3.19. The fraction of sp³-hybridized carbons (Fsp3) is 0.429. The van der Waals surface area contributed by atoms with Gasteiger partial charge in [-0.05, 0) is 24.3 Å². The first-order chi connectivity index (χ1) is 9.54. The van der Waals surface area contributed by atoms with Crippen LogP contribution in [0.5, 0.6) is 5.75 Å². The number of nitrogens with one attached hydrogen (secondary N) is 1. The SMILES string of the molecule is CN1CC(CNC(=O)COc2ccc(F)cc2)CC1=O. The Morgan fingerprint density at radius 1 is 1.45 bits per heavy atom. The van der Waals surface area contributed by atoms with Crippen LogP contribution in [0.1, 0.15) is 6.42 Å². The number of amides is 2. The minimum absolute atomic E-state index is 0.104. The molecule has 0 aromatic heterocycles. The zero-order chi connectivity index (χ0) is 14.5. The molecule has 1 N–H and O–H groups in total. The third kappa shape index (κ3) is 3.94. The maximum Gasteiger partial charge on any atom is 0.257 e. The molecule has 1 aliphatic rings. The van der Waals surface area contributed by atoms with Crippen molar-refractivity contribution in [2.75, 3.05) is 26.7 Å². The van der Waals surface area contributed by atoms with E-state index in [1.165, 1.54) is 24.3 Å². The predicted molar refractivity (Wildman–Crippen MR) is 70.6 cm³/mol. The van der Waals surface area contributed by atoms with Gasteiger partial charge in [0.05, 0.1) is 0 Å². The number of nitrogens with zero attached hydrogens (tertiary/aromatic N) is 1. The van der Waals surface area contributed by atoms with Crippen LogP contribution in [0.25, 0.3) is 0 Å². The molecular formula is C14H17FN2O3. The molecule has 1 saturated heterocycles. The Morgan fingerprint density at radius 2 is 2.15 bits per heavy atom. The van der Waals surface area contributed by atoms with Crippen molar-refractivity contribution >= 4 is 11.8 Å². The predicted octanol–water partition coefficient (Wildman–Crippen LogP) is 0.799. The van der Waals surface area contributed by atoms with Gasteiger partial charge in [0, 0.05) is 32.5 Å². The Bertz CT molecular complexity index is 490. The molecule has 1 aromatic rings. The van der Waals surface area contributed by atoms with E-state index in [0.717, 1.165) is 0 Å². The molecule has 2 rings (SSSR count). The number of hydrogen-bond acceptors (Lipinski definition) is 3. The van der Waals surface area contributed by atoms with Crippen LogP contribution in [-0.2, 0) is 9.59 Å². The van der Waals surface area contributed by atoms with E-state index in [0.29, 0.717) is 25.3 Å². The Morgan fingerprint density at radius 3 is 2.75 bits per heavy atom. The van der Waals surface area contributed by atoms with Gasteiger partial charge in [-0.1, -0.05) is 0 Å². The van der Waals surface area contributed by atoms with E-state index >= 15 is 0 Å². The lowest BCUT2D eigenvalue weighted by Crippen LogP contribution is -2.33. The summed E-state index contributed by atoms with van der Waals surface area (Å²) in [5.41, 5.74) is 0. The monoisotopic (exact) mass is 280 g/mol. The number of carbonyl (C=O) groups is 2. The summed E-state index contributed by atoms with van der Waals surface area (Å²) in [6.07, 6.45) is 0.468. The topological polar surface area (TPSA) is 58.6 Å². The molecule has 0 saturated carbocycles. The second kappa shape index (κ2) is 6.36. The maximum absolute atomic E-state index is 12.7. The first-order valence-electron chi connectivity index (χ1n) is 6.43. The average Bonchev–Trinajstić information content (AvgIpc) is 2.75. The molecule has 1 unspecified atom stereocenters. The Hall–Kier alpha value is -2.11. The number of benzene rings is 1. The second-order valence-electron chi connectivity index (χ2n) is 4.89. The van der Waals surface area contributed by atoms with Gasteiger partial charge in [-0.2, -0.15) is 0 Å². The van der Waals surface area contributed by atoms with Crippen molar-refractivity contribution in [2.24, 2.45) is 5.92 Å². The number of rotatable bonds is 5. The lowest BCUT2D eigenvalue weighted by atomic mass is 10.1. The van der Waals surface area contributed by atoms with E-state index in [-0.39, 0.29) is 30.2 Å². The molecule has 2 amide bonds. The van der Waals surface area contributed by atoms with Crippen molar-refractivity contribution in [1.29, 1.82) is 0 Å². The van der Waals surface area contributed by atoms with Gasteiger partial charge in [0.1, 0.15) is 11.6 Å². The molecule has 1 fully saturated rings. The van der Waals surface area contributed by atoms with E-state index < -0.39 is 0 Å². The van der Waals surface area contributed by atoms with Crippen LogP contribution in [0.2, 0.25) is 0 Å². The van der Waals surface area contributed by atoms with Crippen molar-refractivity contribution in [1.82, 2.24) is 10.2 Å². The summed E-state index contributed by atoms with van der Waals surface area (Å²) in [5, 5.41) is 2.73. The molecule has 1 aromatic carbocycles. The minimum atomic E-state index is -0.350. The zero-order valence-corrected chi connectivity index (χ0v) is 11.3. The Kier molecular flexibility index (Phi) is 4.55. The van der Waals surface area contributed by atoms with Crippen LogP contribution < -0.4 is 10.1 Å². The van der Waals surface area contributed by atoms with Gasteiger partial charge in [-0.25, -0.2) is 4.39 Å². The quantitative estimate of drug-likeness (QED) is 0.868. The number of carbonyl (C=O) groups excluding carboxylic acids is 2. The Balaban J connectivity index is 1.68. The van der Waals surface area contributed by atoms with Crippen molar-refractivity contribution in [3.05, 3.63) is 30.1 Å². The van der Waals surface area contributed by atoms with Crippen molar-refractivity contribution < 1.29 is 18.7 Å². The van der Waals surface area contributed by atoms with Crippen LogP contribution >= 0.6 is 0 Å². The smallest absolute Gasteiger partial charge is 0.257 e. The van der Waals surface area contributed by atoms with Gasteiger partial charge < -0.3 is 15.0 Å². The molecule has 20 heavy (non-hydrogen) atoms. The number of halogens is 1. The van der Waals surface area contributed by atoms with Gasteiger partial charge in [0.15, 0.2) is 6.61 Å². The lowest BCUT2D eigenvalue weighted by Gasteiger charge is -2.11. The molecule has 5 nitrogen and oxygen atoms in total. The number of hydrogen-bond donors (Lipinski definition) is 1. The number of likely N-dealkylation sites (tertiary alicyclic amines) is 1. The van der Waals surface area contributed by atoms with Gasteiger partial charge in [0.25, 0.3) is 5.91 Å². The summed E-state index contributed by atoms with van der Waals surface area (Å²) in [5.74, 6) is 0.0968. The summed E-state index contributed by atoms with van der Waals surface area (Å²) in [6, 6.07) is 5.47. The van der Waals surface area contributed by atoms with Gasteiger partial charge in [0.2, 0.25) is 5.91 Å². The highest BCUT2D eigenvalue weighted by Gasteiger charge is 2.26. The molecule has 0 aliphatic carbocycles. The van der Waals surface area contributed by atoms with E-state index in [9.17, 15) is 14.0 Å². The van der Waals surface area contributed by atoms with Crippen LogP contribution in [0.15, 0.2) is 24.3 Å². The van der Waals surface area contributed by atoms with Crippen LogP contribution in [0, 0.1) is 11.7 Å². The lowest BCUT2D eigenvalue weighted by molar-refractivity contribution is -0.126. The highest BCUT2D eigenvalue weighted by Crippen LogP contribution is 2.14. The summed E-state index contributed by atoms with van der Waals surface area (Å²) >= 11 is 0. The first kappa shape index (κ1) is 14.3. The summed E-state index contributed by atoms with van der Waals surface area (Å²) in [7, 11) is 1.75. The summed E-state index contributed by atoms with van der Waals surface area (Å²) in [4.78, 5) is 24.6. The normalized spacial score (nSPS) is 18.2. The van der Waals surface area contributed by atoms with Crippen LogP contribution in [-0.4, -0.2) is 43.5 Å². The molecule has 6 heteroatoms. The summed E-state index contributed by atoms with van der Waals surface area (Å²) < 4.78 is 17.9. The largest absolute Gasteiger partial charge is 0.484 e. The first-order valence-corrected chi connectivity index (χ1v) is 6.43.